The van der Waals surface area contributed by atoms with Gasteiger partial charge < -0.3 is 44.8 Å². The van der Waals surface area contributed by atoms with Crippen LogP contribution >= 0.6 is 19.6 Å². The van der Waals surface area contributed by atoms with Crippen molar-refractivity contribution in [2.24, 2.45) is 5.73 Å². The molecule has 0 aromatic rings. The van der Waals surface area contributed by atoms with E-state index in [1.165, 1.54) is 62.8 Å². The predicted molar refractivity (Wildman–Crippen MR) is 248 cm³/mol. The highest BCUT2D eigenvalue weighted by molar-refractivity contribution is 8.00. The van der Waals surface area contributed by atoms with Crippen LogP contribution in [0.1, 0.15) is 129 Å². The third kappa shape index (κ3) is 36.3. The summed E-state index contributed by atoms with van der Waals surface area (Å²) in [6, 6.07) is -2.23. The summed E-state index contributed by atoms with van der Waals surface area (Å²) in [4.78, 5) is 37.0. The van der Waals surface area contributed by atoms with Gasteiger partial charge in [0.25, 0.3) is 7.82 Å². The third-order valence-electron chi connectivity index (χ3n) is 9.37. The molecule has 6 atom stereocenters. The van der Waals surface area contributed by atoms with Crippen LogP contribution in [0.5, 0.6) is 0 Å². The van der Waals surface area contributed by atoms with E-state index in [0.29, 0.717) is 17.4 Å². The van der Waals surface area contributed by atoms with Crippen molar-refractivity contribution >= 4 is 31.5 Å². The maximum Gasteiger partial charge on any atom is 0.303 e. The standard InChI is InChI=1S/C46H82N3O9PS/c1-6-8-10-12-14-16-18-20-21-23-25-27-29-32-42(50)41(38-58-59(55,56)57-37-36-49(3,4)5)48-46(54)40(47)39-60-44(43(51)33-31-35-45(52)53)34-30-28-26-24-22-19-17-15-13-11-9-7-2/h10,12,15,17,22,24,26,28-30,32,34,40-44,50-51H,6-9,11,13-14,16,18-21,23,25,27,31,33,35-39,47H2,1-5H3,(H2-,48,52,53,54,55,56)/b12-10-,17-15-,24-22-,28-26+,32-29+,34-30+/t40-,41-,42+,43-,44+/m0/s1. The van der Waals surface area contributed by atoms with E-state index in [2.05, 4.69) is 43.5 Å². The number of likely N-dealkylation sites (N-methyl/N-ethyl adjacent to an activating group) is 1. The second-order valence-corrected chi connectivity index (χ2v) is 18.9. The van der Waals surface area contributed by atoms with Crippen LogP contribution in [0.15, 0.2) is 72.9 Å². The first-order chi connectivity index (χ1) is 28.6. The largest absolute Gasteiger partial charge is 0.756 e. The molecule has 0 saturated heterocycles. The van der Waals surface area contributed by atoms with Gasteiger partial charge in [0.1, 0.15) is 13.2 Å². The van der Waals surface area contributed by atoms with E-state index in [9.17, 15) is 29.3 Å². The van der Waals surface area contributed by atoms with Crippen LogP contribution in [0.4, 0.5) is 0 Å². The zero-order valence-electron chi connectivity index (χ0n) is 37.5. The number of rotatable bonds is 39. The number of carbonyl (C=O) groups excluding carboxylic acids is 1. The second kappa shape index (κ2) is 37.3. The summed E-state index contributed by atoms with van der Waals surface area (Å²) in [7, 11) is 0.942. The lowest BCUT2D eigenvalue weighted by atomic mass is 10.1. The number of allylic oxidation sites excluding steroid dienone is 10. The minimum absolute atomic E-state index is 0.0767. The molecule has 0 aliphatic carbocycles. The van der Waals surface area contributed by atoms with Crippen molar-refractivity contribution in [1.29, 1.82) is 0 Å². The number of phosphoric ester groups is 1. The quantitative estimate of drug-likeness (QED) is 0.0131. The number of nitrogens with two attached hydrogens (primary N) is 1. The van der Waals surface area contributed by atoms with Gasteiger partial charge in [-0.25, -0.2) is 0 Å². The Labute approximate surface area is 367 Å². The van der Waals surface area contributed by atoms with Crippen molar-refractivity contribution in [3.63, 3.8) is 0 Å². The molecule has 0 rings (SSSR count). The lowest BCUT2D eigenvalue weighted by molar-refractivity contribution is -0.870. The van der Waals surface area contributed by atoms with Crippen molar-refractivity contribution in [1.82, 2.24) is 5.32 Å². The molecule has 0 aromatic carbocycles. The van der Waals surface area contributed by atoms with Gasteiger partial charge in [-0.1, -0.05) is 132 Å². The molecule has 60 heavy (non-hydrogen) atoms. The molecule has 6 N–H and O–H groups in total. The Morgan fingerprint density at radius 3 is 2.05 bits per heavy atom. The average molecular weight is 884 g/mol. The molecule has 0 fully saturated rings. The number of aliphatic hydroxyl groups excluding tert-OH is 2. The number of hydrogen-bond acceptors (Lipinski definition) is 10. The van der Waals surface area contributed by atoms with Crippen molar-refractivity contribution in [2.45, 2.75) is 159 Å². The number of thioether (sulfide) groups is 1. The number of nitrogens with zero attached hydrogens (tertiary/aromatic N) is 1. The fourth-order valence-electron chi connectivity index (χ4n) is 5.63. The number of hydrogen-bond donors (Lipinski definition) is 5. The van der Waals surface area contributed by atoms with Crippen LogP contribution < -0.4 is 15.9 Å². The molecule has 0 bridgehead atoms. The summed E-state index contributed by atoms with van der Waals surface area (Å²) >= 11 is 1.25. The van der Waals surface area contributed by atoms with Gasteiger partial charge in [0, 0.05) is 17.4 Å². The molecule has 0 aliphatic rings. The highest BCUT2D eigenvalue weighted by atomic mass is 32.2. The Balaban J connectivity index is 5.48. The fourth-order valence-corrected chi connectivity index (χ4v) is 7.49. The van der Waals surface area contributed by atoms with Gasteiger partial charge in [-0.2, -0.15) is 0 Å². The molecule has 0 heterocycles. The van der Waals surface area contributed by atoms with E-state index in [-0.39, 0.29) is 31.6 Å². The molecule has 0 spiro atoms. The molecule has 14 heteroatoms. The molecular weight excluding hydrogens is 802 g/mol. The van der Waals surface area contributed by atoms with E-state index in [1.807, 2.05) is 51.5 Å². The summed E-state index contributed by atoms with van der Waals surface area (Å²) in [6.45, 7) is 4.12. The average Bonchev–Trinajstić information content (AvgIpc) is 3.18. The lowest BCUT2D eigenvalue weighted by Gasteiger charge is -2.30. The number of phosphoric acid groups is 1. The molecule has 346 valence electrons. The third-order valence-corrected chi connectivity index (χ3v) is 11.7. The molecule has 12 nitrogen and oxygen atoms in total. The highest BCUT2D eigenvalue weighted by Crippen LogP contribution is 2.38. The molecular formula is C46H82N3O9PS. The van der Waals surface area contributed by atoms with Crippen LogP contribution in [-0.4, -0.2) is 108 Å². The van der Waals surface area contributed by atoms with Gasteiger partial charge in [-0.15, -0.1) is 11.8 Å². The highest BCUT2D eigenvalue weighted by Gasteiger charge is 2.27. The van der Waals surface area contributed by atoms with Gasteiger partial charge in [0.2, 0.25) is 5.91 Å². The summed E-state index contributed by atoms with van der Waals surface area (Å²) in [5, 5.41) is 33.3. The Hall–Kier alpha value is -2.32. The molecule has 0 aliphatic heterocycles. The number of unbranched alkanes of at least 4 members (excludes halogenated alkanes) is 11. The van der Waals surface area contributed by atoms with Gasteiger partial charge in [-0.05, 0) is 64.2 Å². The summed E-state index contributed by atoms with van der Waals surface area (Å²) < 4.78 is 23.2. The Morgan fingerprint density at radius 2 is 1.40 bits per heavy atom. The number of carbonyl (C=O) groups is 2. The second-order valence-electron chi connectivity index (χ2n) is 16.2. The van der Waals surface area contributed by atoms with E-state index in [0.717, 1.165) is 44.9 Å². The van der Waals surface area contributed by atoms with Crippen molar-refractivity contribution in [3.05, 3.63) is 72.9 Å². The van der Waals surface area contributed by atoms with E-state index < -0.39 is 55.8 Å². The zero-order valence-corrected chi connectivity index (χ0v) is 39.3. The number of quaternary nitrogens is 1. The van der Waals surface area contributed by atoms with E-state index >= 15 is 0 Å². The van der Waals surface area contributed by atoms with Crippen molar-refractivity contribution in [2.75, 3.05) is 46.7 Å². The number of aliphatic hydroxyl groups is 2. The van der Waals surface area contributed by atoms with E-state index in [1.54, 1.807) is 12.2 Å². The number of amides is 1. The number of carboxylic acid groups (broad SMARTS) is 1. The Bertz CT molecular complexity index is 1330. The van der Waals surface area contributed by atoms with Gasteiger partial charge in [0.15, 0.2) is 0 Å². The Morgan fingerprint density at radius 1 is 0.783 bits per heavy atom. The minimum atomic E-state index is -4.75. The lowest BCUT2D eigenvalue weighted by Crippen LogP contribution is -2.52. The molecule has 1 unspecified atom stereocenters. The first kappa shape index (κ1) is 57.7. The summed E-state index contributed by atoms with van der Waals surface area (Å²) in [5.74, 6) is -1.50. The molecule has 0 aromatic heterocycles. The maximum absolute atomic E-state index is 13.4. The van der Waals surface area contributed by atoms with Gasteiger partial charge in [-0.3, -0.25) is 14.2 Å². The zero-order chi connectivity index (χ0) is 44.9. The Kier molecular flexibility index (Phi) is 35.8. The van der Waals surface area contributed by atoms with Gasteiger partial charge in [0.05, 0.1) is 52.0 Å². The topological polar surface area (TPSA) is 191 Å². The van der Waals surface area contributed by atoms with Crippen molar-refractivity contribution in [3.8, 4) is 0 Å². The van der Waals surface area contributed by atoms with Crippen LogP contribution in [0.25, 0.3) is 0 Å². The normalized spacial score (nSPS) is 16.4. The first-order valence-electron chi connectivity index (χ1n) is 22.2. The van der Waals surface area contributed by atoms with Crippen LogP contribution in [0.3, 0.4) is 0 Å². The fraction of sp³-hybridized carbons (Fsp3) is 0.696. The van der Waals surface area contributed by atoms with Crippen LogP contribution in [0, 0.1) is 0 Å². The summed E-state index contributed by atoms with van der Waals surface area (Å²) in [6.07, 6.45) is 38.2. The maximum atomic E-state index is 13.4. The first-order valence-corrected chi connectivity index (χ1v) is 24.8. The van der Waals surface area contributed by atoms with Crippen molar-refractivity contribution < 1.29 is 47.9 Å². The number of nitrogens with one attached hydrogen (secondary N) is 1. The molecule has 0 radical (unpaired) electrons. The monoisotopic (exact) mass is 884 g/mol. The summed E-state index contributed by atoms with van der Waals surface area (Å²) in [5.41, 5.74) is 6.30. The number of aliphatic carboxylic acids is 1. The molecule has 1 amide bonds. The van der Waals surface area contributed by atoms with E-state index in [4.69, 9.17) is 19.9 Å². The van der Waals surface area contributed by atoms with Gasteiger partial charge >= 0.3 is 5.97 Å². The van der Waals surface area contributed by atoms with Crippen LogP contribution in [0.2, 0.25) is 0 Å². The van der Waals surface area contributed by atoms with Crippen LogP contribution in [-0.2, 0) is 23.2 Å². The smallest absolute Gasteiger partial charge is 0.303 e. The number of carboxylic acids is 1. The minimum Gasteiger partial charge on any atom is -0.756 e. The predicted octanol–water partition coefficient (Wildman–Crippen LogP) is 8.31. The molecule has 0 saturated carbocycles. The SMILES string of the molecule is CCC/C=C\CCCCCCCC/C=C/[C@@H](O)[C@H](COP(=O)([O-])OCC[N+](C)(C)C)NC(=O)[C@@H](N)CS[C@H](/C=C/C=C/C=C\C/C=C\CCCCC)[C@@H](O)CCCC(=O)O.